The molecule has 0 fully saturated rings. The predicted molar refractivity (Wildman–Crippen MR) is 89.5 cm³/mol. The molecule has 3 rings (SSSR count). The van der Waals surface area contributed by atoms with Gasteiger partial charge in [0.1, 0.15) is 11.5 Å². The Labute approximate surface area is 137 Å². The quantitative estimate of drug-likeness (QED) is 0.373. The molecule has 0 radical (unpaired) electrons. The molecule has 0 amide bonds. The number of rotatable bonds is 4. The Bertz CT molecular complexity index is 887. The molecule has 0 saturated heterocycles. The van der Waals surface area contributed by atoms with Crippen LogP contribution in [0.2, 0.25) is 5.02 Å². The first-order chi connectivity index (χ1) is 11.1. The van der Waals surface area contributed by atoms with Gasteiger partial charge in [-0.1, -0.05) is 29.8 Å². The molecule has 5 nitrogen and oxygen atoms in total. The molecule has 0 saturated carbocycles. The number of non-ortho nitro benzene ring substituents is 1. The topological polar surface area (TPSA) is 68.6 Å². The molecule has 0 aliphatic rings. The van der Waals surface area contributed by atoms with Gasteiger partial charge in [0.15, 0.2) is 0 Å². The smallest absolute Gasteiger partial charge is 0.270 e. The van der Waals surface area contributed by atoms with Crippen LogP contribution in [0.25, 0.3) is 11.3 Å². The Balaban J connectivity index is 1.83. The van der Waals surface area contributed by atoms with E-state index in [2.05, 4.69) is 4.99 Å². The monoisotopic (exact) mass is 326 g/mol. The average molecular weight is 327 g/mol. The highest BCUT2D eigenvalue weighted by molar-refractivity contribution is 6.30. The molecule has 0 aliphatic heterocycles. The molecular weight excluding hydrogens is 316 g/mol. The van der Waals surface area contributed by atoms with E-state index in [1.54, 1.807) is 42.6 Å². The van der Waals surface area contributed by atoms with Gasteiger partial charge in [-0.2, -0.15) is 0 Å². The molecule has 0 N–H and O–H groups in total. The third kappa shape index (κ3) is 3.64. The maximum absolute atomic E-state index is 10.8. The summed E-state index contributed by atoms with van der Waals surface area (Å²) in [5.41, 5.74) is 1.38. The second kappa shape index (κ2) is 6.46. The summed E-state index contributed by atoms with van der Waals surface area (Å²) in [4.78, 5) is 14.7. The molecule has 0 bridgehead atoms. The van der Waals surface area contributed by atoms with Crippen molar-refractivity contribution in [3.05, 3.63) is 81.6 Å². The van der Waals surface area contributed by atoms with E-state index in [0.717, 1.165) is 0 Å². The fraction of sp³-hybridized carbons (Fsp3) is 0. The number of furan rings is 1. The lowest BCUT2D eigenvalue weighted by atomic mass is 10.1. The zero-order valence-electron chi connectivity index (χ0n) is 11.8. The van der Waals surface area contributed by atoms with Crippen LogP contribution in [0, 0.1) is 10.1 Å². The summed E-state index contributed by atoms with van der Waals surface area (Å²) < 4.78 is 5.65. The number of nitro benzene ring substituents is 1. The van der Waals surface area contributed by atoms with Gasteiger partial charge in [0.05, 0.1) is 16.8 Å². The third-order valence-electron chi connectivity index (χ3n) is 3.12. The summed E-state index contributed by atoms with van der Waals surface area (Å²) in [6, 6.07) is 16.9. The minimum Gasteiger partial charge on any atom is -0.455 e. The van der Waals surface area contributed by atoms with Crippen molar-refractivity contribution in [3.8, 4) is 11.3 Å². The molecule has 0 atom stereocenters. The Morgan fingerprint density at radius 1 is 1.09 bits per heavy atom. The third-order valence-corrected chi connectivity index (χ3v) is 3.35. The normalized spacial score (nSPS) is 11.0. The van der Waals surface area contributed by atoms with Crippen LogP contribution in [0.15, 0.2) is 70.1 Å². The summed E-state index contributed by atoms with van der Waals surface area (Å²) in [7, 11) is 0. The standard InChI is InChI=1S/C17H11ClN2O3/c18-13-4-2-5-14(10-13)19-11-16-7-8-17(23-16)12-3-1-6-15(9-12)20(21)22/h1-11H. The number of hydrogen-bond acceptors (Lipinski definition) is 4. The summed E-state index contributed by atoms with van der Waals surface area (Å²) in [6.45, 7) is 0. The van der Waals surface area contributed by atoms with E-state index in [0.29, 0.717) is 27.8 Å². The molecule has 0 aliphatic carbocycles. The van der Waals surface area contributed by atoms with Crippen molar-refractivity contribution in [2.45, 2.75) is 0 Å². The zero-order chi connectivity index (χ0) is 16.2. The van der Waals surface area contributed by atoms with Gasteiger partial charge in [0.2, 0.25) is 0 Å². The average Bonchev–Trinajstić information content (AvgIpc) is 3.02. The van der Waals surface area contributed by atoms with Gasteiger partial charge in [-0.3, -0.25) is 15.1 Å². The number of hydrogen-bond donors (Lipinski definition) is 0. The summed E-state index contributed by atoms with van der Waals surface area (Å²) in [6.07, 6.45) is 1.58. The fourth-order valence-corrected chi connectivity index (χ4v) is 2.23. The molecule has 23 heavy (non-hydrogen) atoms. The lowest BCUT2D eigenvalue weighted by Crippen LogP contribution is -1.87. The molecule has 1 heterocycles. The zero-order valence-corrected chi connectivity index (χ0v) is 12.6. The van der Waals surface area contributed by atoms with Crippen LogP contribution in [-0.2, 0) is 0 Å². The van der Waals surface area contributed by atoms with Gasteiger partial charge in [0, 0.05) is 22.7 Å². The Hall–Kier alpha value is -2.92. The van der Waals surface area contributed by atoms with Crippen molar-refractivity contribution in [1.82, 2.24) is 0 Å². The van der Waals surface area contributed by atoms with Crippen LogP contribution in [0.4, 0.5) is 11.4 Å². The highest BCUT2D eigenvalue weighted by atomic mass is 35.5. The van der Waals surface area contributed by atoms with Gasteiger partial charge < -0.3 is 4.42 Å². The fourth-order valence-electron chi connectivity index (χ4n) is 2.04. The number of benzene rings is 2. The molecule has 6 heteroatoms. The first-order valence-corrected chi connectivity index (χ1v) is 7.14. The van der Waals surface area contributed by atoms with Crippen molar-refractivity contribution in [3.63, 3.8) is 0 Å². The summed E-state index contributed by atoms with van der Waals surface area (Å²) >= 11 is 5.90. The minimum absolute atomic E-state index is 0.0213. The van der Waals surface area contributed by atoms with Crippen LogP contribution < -0.4 is 0 Å². The Morgan fingerprint density at radius 3 is 2.70 bits per heavy atom. The lowest BCUT2D eigenvalue weighted by molar-refractivity contribution is -0.384. The van der Waals surface area contributed by atoms with E-state index in [9.17, 15) is 10.1 Å². The van der Waals surface area contributed by atoms with E-state index in [4.69, 9.17) is 16.0 Å². The first kappa shape index (κ1) is 15.0. The van der Waals surface area contributed by atoms with Gasteiger partial charge >= 0.3 is 0 Å². The van der Waals surface area contributed by atoms with Gasteiger partial charge in [0.25, 0.3) is 5.69 Å². The molecule has 114 valence electrons. The molecule has 0 unspecified atom stereocenters. The van der Waals surface area contributed by atoms with Gasteiger partial charge in [-0.25, -0.2) is 0 Å². The molecule has 3 aromatic rings. The maximum atomic E-state index is 10.8. The second-order valence-corrected chi connectivity index (χ2v) is 5.18. The lowest BCUT2D eigenvalue weighted by Gasteiger charge is -1.97. The van der Waals surface area contributed by atoms with Gasteiger partial charge in [-0.15, -0.1) is 0 Å². The minimum atomic E-state index is -0.437. The summed E-state index contributed by atoms with van der Waals surface area (Å²) in [5.74, 6) is 1.09. The van der Waals surface area contributed by atoms with E-state index in [-0.39, 0.29) is 5.69 Å². The highest BCUT2D eigenvalue weighted by Gasteiger charge is 2.09. The highest BCUT2D eigenvalue weighted by Crippen LogP contribution is 2.25. The van der Waals surface area contributed by atoms with Crippen LogP contribution in [0.5, 0.6) is 0 Å². The number of nitrogens with zero attached hydrogens (tertiary/aromatic N) is 2. The van der Waals surface area contributed by atoms with Crippen molar-refractivity contribution < 1.29 is 9.34 Å². The van der Waals surface area contributed by atoms with Gasteiger partial charge in [-0.05, 0) is 30.3 Å². The number of halogens is 1. The largest absolute Gasteiger partial charge is 0.455 e. The number of aliphatic imine (C=N–C) groups is 1. The molecular formula is C17H11ClN2O3. The van der Waals surface area contributed by atoms with E-state index >= 15 is 0 Å². The first-order valence-electron chi connectivity index (χ1n) is 6.76. The van der Waals surface area contributed by atoms with Crippen LogP contribution >= 0.6 is 11.6 Å². The van der Waals surface area contributed by atoms with Crippen LogP contribution in [-0.4, -0.2) is 11.1 Å². The predicted octanol–water partition coefficient (Wildman–Crippen LogP) is 5.26. The van der Waals surface area contributed by atoms with E-state index < -0.39 is 4.92 Å². The van der Waals surface area contributed by atoms with E-state index in [1.165, 1.54) is 12.1 Å². The molecule has 1 aromatic heterocycles. The maximum Gasteiger partial charge on any atom is 0.270 e. The Kier molecular flexibility index (Phi) is 4.21. The number of nitro groups is 1. The molecule has 2 aromatic carbocycles. The van der Waals surface area contributed by atoms with Crippen LogP contribution in [0.1, 0.15) is 5.76 Å². The van der Waals surface area contributed by atoms with E-state index in [1.807, 2.05) is 12.1 Å². The SMILES string of the molecule is O=[N+]([O-])c1cccc(-c2ccc(C=Nc3cccc(Cl)c3)o2)c1. The Morgan fingerprint density at radius 2 is 1.91 bits per heavy atom. The van der Waals surface area contributed by atoms with Crippen molar-refractivity contribution in [2.24, 2.45) is 4.99 Å². The van der Waals surface area contributed by atoms with Crippen molar-refractivity contribution in [2.75, 3.05) is 0 Å². The van der Waals surface area contributed by atoms with Crippen molar-refractivity contribution >= 4 is 29.2 Å². The summed E-state index contributed by atoms with van der Waals surface area (Å²) in [5, 5.41) is 11.4. The molecule has 0 spiro atoms. The van der Waals surface area contributed by atoms with Crippen molar-refractivity contribution in [1.29, 1.82) is 0 Å². The van der Waals surface area contributed by atoms with Crippen LogP contribution in [0.3, 0.4) is 0 Å². The second-order valence-electron chi connectivity index (χ2n) is 4.75.